The highest BCUT2D eigenvalue weighted by molar-refractivity contribution is 5.94. The van der Waals surface area contributed by atoms with Crippen LogP contribution in [-0.2, 0) is 11.2 Å². The van der Waals surface area contributed by atoms with E-state index in [0.717, 1.165) is 11.3 Å². The molecule has 9 heteroatoms. The lowest BCUT2D eigenvalue weighted by Crippen LogP contribution is -2.29. The summed E-state index contributed by atoms with van der Waals surface area (Å²) in [7, 11) is 0. The lowest BCUT2D eigenvalue weighted by Gasteiger charge is -2.18. The third-order valence-corrected chi connectivity index (χ3v) is 5.07. The third kappa shape index (κ3) is 4.72. The SMILES string of the molecule is Cc1nnnn1C(Cc1cccc(F)c1)C(=O)Nc1ccc(-c2ncc(C(C)C)o2)cc1. The highest BCUT2D eigenvalue weighted by Gasteiger charge is 2.24. The van der Waals surface area contributed by atoms with Gasteiger partial charge in [-0.1, -0.05) is 26.0 Å². The summed E-state index contributed by atoms with van der Waals surface area (Å²) < 4.78 is 20.9. The molecule has 0 aliphatic rings. The van der Waals surface area contributed by atoms with Crippen LogP contribution in [-0.4, -0.2) is 31.1 Å². The van der Waals surface area contributed by atoms with E-state index in [1.165, 1.54) is 16.8 Å². The minimum absolute atomic E-state index is 0.238. The van der Waals surface area contributed by atoms with Crippen LogP contribution in [0.15, 0.2) is 59.1 Å². The summed E-state index contributed by atoms with van der Waals surface area (Å²) >= 11 is 0. The lowest BCUT2D eigenvalue weighted by atomic mass is 10.0. The van der Waals surface area contributed by atoms with Crippen molar-refractivity contribution in [3.05, 3.63) is 77.7 Å². The van der Waals surface area contributed by atoms with Gasteiger partial charge in [-0.05, 0) is 59.3 Å². The molecule has 1 N–H and O–H groups in total. The van der Waals surface area contributed by atoms with Gasteiger partial charge in [0.15, 0.2) is 0 Å². The van der Waals surface area contributed by atoms with Crippen LogP contribution in [0.5, 0.6) is 0 Å². The Kier molecular flexibility index (Phi) is 6.07. The van der Waals surface area contributed by atoms with Crippen molar-refractivity contribution in [2.45, 2.75) is 39.2 Å². The fourth-order valence-electron chi connectivity index (χ4n) is 3.31. The number of aryl methyl sites for hydroxylation is 1. The van der Waals surface area contributed by atoms with Crippen molar-refractivity contribution in [2.24, 2.45) is 0 Å². The van der Waals surface area contributed by atoms with E-state index in [0.29, 0.717) is 23.0 Å². The second-order valence-corrected chi connectivity index (χ2v) is 7.81. The van der Waals surface area contributed by atoms with E-state index in [-0.39, 0.29) is 24.1 Å². The van der Waals surface area contributed by atoms with Gasteiger partial charge >= 0.3 is 0 Å². The summed E-state index contributed by atoms with van der Waals surface area (Å²) in [6.07, 6.45) is 1.96. The van der Waals surface area contributed by atoms with Crippen molar-refractivity contribution in [3.8, 4) is 11.5 Å². The molecule has 0 fully saturated rings. The van der Waals surface area contributed by atoms with E-state index in [1.807, 2.05) is 26.0 Å². The first-order chi connectivity index (χ1) is 15.4. The zero-order chi connectivity index (χ0) is 22.7. The van der Waals surface area contributed by atoms with Crippen LogP contribution in [0, 0.1) is 12.7 Å². The van der Waals surface area contributed by atoms with E-state index in [1.54, 1.807) is 37.4 Å². The topological polar surface area (TPSA) is 98.7 Å². The minimum Gasteiger partial charge on any atom is -0.441 e. The molecule has 0 aliphatic carbocycles. The van der Waals surface area contributed by atoms with E-state index in [4.69, 9.17) is 4.42 Å². The van der Waals surface area contributed by atoms with E-state index < -0.39 is 6.04 Å². The fourth-order valence-corrected chi connectivity index (χ4v) is 3.31. The van der Waals surface area contributed by atoms with Gasteiger partial charge in [-0.3, -0.25) is 4.79 Å². The maximum absolute atomic E-state index is 13.7. The molecule has 1 atom stereocenters. The summed E-state index contributed by atoms with van der Waals surface area (Å²) in [5.41, 5.74) is 2.08. The Bertz CT molecular complexity index is 1220. The van der Waals surface area contributed by atoms with E-state index in [2.05, 4.69) is 25.8 Å². The number of nitrogens with zero attached hydrogens (tertiary/aromatic N) is 5. The molecule has 2 aromatic heterocycles. The van der Waals surface area contributed by atoms with Crippen LogP contribution in [0.2, 0.25) is 0 Å². The molecule has 0 radical (unpaired) electrons. The minimum atomic E-state index is -0.744. The molecule has 164 valence electrons. The highest BCUT2D eigenvalue weighted by Crippen LogP contribution is 2.25. The molecule has 32 heavy (non-hydrogen) atoms. The number of carbonyl (C=O) groups is 1. The van der Waals surface area contributed by atoms with E-state index >= 15 is 0 Å². The first-order valence-electron chi connectivity index (χ1n) is 10.3. The average molecular weight is 434 g/mol. The largest absolute Gasteiger partial charge is 0.441 e. The Morgan fingerprint density at radius 2 is 1.97 bits per heavy atom. The van der Waals surface area contributed by atoms with Crippen molar-refractivity contribution in [3.63, 3.8) is 0 Å². The van der Waals surface area contributed by atoms with Gasteiger partial charge in [0.2, 0.25) is 11.8 Å². The van der Waals surface area contributed by atoms with Gasteiger partial charge in [-0.25, -0.2) is 14.1 Å². The zero-order valence-corrected chi connectivity index (χ0v) is 18.0. The lowest BCUT2D eigenvalue weighted by molar-refractivity contribution is -0.119. The monoisotopic (exact) mass is 434 g/mol. The van der Waals surface area contributed by atoms with Crippen LogP contribution >= 0.6 is 0 Å². The number of hydrogen-bond donors (Lipinski definition) is 1. The third-order valence-electron chi connectivity index (χ3n) is 5.07. The number of nitrogens with one attached hydrogen (secondary N) is 1. The second kappa shape index (κ2) is 9.09. The first-order valence-corrected chi connectivity index (χ1v) is 10.3. The number of rotatable bonds is 7. The first kappa shape index (κ1) is 21.4. The summed E-state index contributed by atoms with van der Waals surface area (Å²) in [5, 5.41) is 14.4. The molecular weight excluding hydrogens is 411 g/mol. The summed E-state index contributed by atoms with van der Waals surface area (Å²) in [6.45, 7) is 5.79. The number of anilines is 1. The number of hydrogen-bond acceptors (Lipinski definition) is 6. The van der Waals surface area contributed by atoms with Crippen LogP contribution in [0.25, 0.3) is 11.5 Å². The van der Waals surface area contributed by atoms with Gasteiger partial charge < -0.3 is 9.73 Å². The molecule has 8 nitrogen and oxygen atoms in total. The number of benzene rings is 2. The Labute approximate surface area is 184 Å². The second-order valence-electron chi connectivity index (χ2n) is 7.81. The smallest absolute Gasteiger partial charge is 0.249 e. The molecule has 4 rings (SSSR count). The number of halogens is 1. The van der Waals surface area contributed by atoms with Crippen molar-refractivity contribution < 1.29 is 13.6 Å². The van der Waals surface area contributed by atoms with Crippen molar-refractivity contribution in [2.75, 3.05) is 5.32 Å². The number of oxazole rings is 1. The van der Waals surface area contributed by atoms with Gasteiger partial charge in [0.05, 0.1) is 6.20 Å². The number of amides is 1. The predicted molar refractivity (Wildman–Crippen MR) is 116 cm³/mol. The van der Waals surface area contributed by atoms with Crippen molar-refractivity contribution in [1.29, 1.82) is 0 Å². The molecule has 0 aliphatic heterocycles. The average Bonchev–Trinajstić information content (AvgIpc) is 3.42. The van der Waals surface area contributed by atoms with Gasteiger partial charge in [-0.2, -0.15) is 0 Å². The van der Waals surface area contributed by atoms with Gasteiger partial charge in [0.1, 0.15) is 23.4 Å². The number of carbonyl (C=O) groups excluding carboxylic acids is 1. The maximum atomic E-state index is 13.7. The molecule has 2 aromatic carbocycles. The molecule has 1 amide bonds. The van der Waals surface area contributed by atoms with Crippen LogP contribution in [0.1, 0.15) is 43.0 Å². The van der Waals surface area contributed by atoms with Crippen molar-refractivity contribution in [1.82, 2.24) is 25.2 Å². The molecule has 0 spiro atoms. The fraction of sp³-hybridized carbons (Fsp3) is 0.261. The Hall–Kier alpha value is -3.88. The highest BCUT2D eigenvalue weighted by atomic mass is 19.1. The Morgan fingerprint density at radius 3 is 2.59 bits per heavy atom. The van der Waals surface area contributed by atoms with Crippen molar-refractivity contribution >= 4 is 11.6 Å². The Morgan fingerprint density at radius 1 is 1.19 bits per heavy atom. The maximum Gasteiger partial charge on any atom is 0.249 e. The zero-order valence-electron chi connectivity index (χ0n) is 18.0. The Balaban J connectivity index is 1.53. The normalized spacial score (nSPS) is 12.2. The summed E-state index contributed by atoms with van der Waals surface area (Å²) in [5.74, 6) is 1.41. The predicted octanol–water partition coefficient (Wildman–Crippen LogP) is 4.32. The molecule has 0 saturated carbocycles. The molecule has 0 bridgehead atoms. The molecule has 0 saturated heterocycles. The number of aromatic nitrogens is 5. The van der Waals surface area contributed by atoms with Crippen LogP contribution < -0.4 is 5.32 Å². The quantitative estimate of drug-likeness (QED) is 0.465. The molecule has 2 heterocycles. The summed E-state index contributed by atoms with van der Waals surface area (Å²) in [6, 6.07) is 12.6. The van der Waals surface area contributed by atoms with Crippen LogP contribution in [0.4, 0.5) is 10.1 Å². The van der Waals surface area contributed by atoms with E-state index in [9.17, 15) is 9.18 Å². The van der Waals surface area contributed by atoms with Crippen LogP contribution in [0.3, 0.4) is 0 Å². The van der Waals surface area contributed by atoms with Gasteiger partial charge in [0.25, 0.3) is 0 Å². The standard InChI is InChI=1S/C23H23FN6O2/c1-14(2)21-13-25-23(32-21)17-7-9-19(10-8-17)26-22(31)20(30-15(3)27-28-29-30)12-16-5-4-6-18(24)11-16/h4-11,13-14,20H,12H2,1-3H3,(H,26,31). The number of tetrazole rings is 1. The molecule has 4 aromatic rings. The van der Waals surface area contributed by atoms with Gasteiger partial charge in [0, 0.05) is 23.6 Å². The summed E-state index contributed by atoms with van der Waals surface area (Å²) in [4.78, 5) is 17.4. The van der Waals surface area contributed by atoms with Gasteiger partial charge in [-0.15, -0.1) is 5.10 Å². The molecular formula is C23H23FN6O2. The molecule has 1 unspecified atom stereocenters.